The summed E-state index contributed by atoms with van der Waals surface area (Å²) in [5, 5.41) is 3.07. The largest absolute Gasteiger partial charge is 0.371 e. The minimum Gasteiger partial charge on any atom is -0.371 e. The van der Waals surface area contributed by atoms with Gasteiger partial charge in [0.05, 0.1) is 12.7 Å². The van der Waals surface area contributed by atoms with E-state index in [0.717, 1.165) is 38.0 Å². The quantitative estimate of drug-likeness (QED) is 0.380. The lowest BCUT2D eigenvalue weighted by atomic mass is 9.81. The Morgan fingerprint density at radius 2 is 1.53 bits per heavy atom. The lowest BCUT2D eigenvalue weighted by molar-refractivity contribution is -0.165. The number of hydrogen-bond donors (Lipinski definition) is 1. The molecule has 2 aliphatic heterocycles. The Morgan fingerprint density at radius 3 is 2.18 bits per heavy atom. The van der Waals surface area contributed by atoms with Crippen molar-refractivity contribution < 1.29 is 14.3 Å². The molecule has 2 aromatic carbocycles. The lowest BCUT2D eigenvalue weighted by Crippen LogP contribution is -2.74. The molecule has 2 atom stereocenters. The second kappa shape index (κ2) is 13.9. The Hall–Kier alpha value is -2.70. The summed E-state index contributed by atoms with van der Waals surface area (Å²) >= 11 is 0. The summed E-state index contributed by atoms with van der Waals surface area (Å²) in [5.41, 5.74) is 1.75. The third-order valence-electron chi connectivity index (χ3n) is 8.25. The van der Waals surface area contributed by atoms with E-state index in [-0.39, 0.29) is 11.8 Å². The Bertz CT molecular complexity index is 1010. The maximum atomic E-state index is 13.7. The number of carbonyl (C=O) groups excluding carboxylic acids is 2. The Labute approximate surface area is 228 Å². The SMILES string of the molecule is CCCN1C(=O)[C@@H]([C@H](C)OCc2ccccc2)NC(=O)C12CCN(CCCCCCc1ccccc1)CC2. The van der Waals surface area contributed by atoms with E-state index < -0.39 is 17.7 Å². The molecule has 2 aliphatic rings. The van der Waals surface area contributed by atoms with E-state index in [1.807, 2.05) is 42.2 Å². The van der Waals surface area contributed by atoms with E-state index in [9.17, 15) is 9.59 Å². The van der Waals surface area contributed by atoms with Crippen molar-refractivity contribution in [3.8, 4) is 0 Å². The summed E-state index contributed by atoms with van der Waals surface area (Å²) in [4.78, 5) is 31.6. The normalized spacial score (nSPS) is 20.5. The first-order valence-corrected chi connectivity index (χ1v) is 14.6. The second-order valence-corrected chi connectivity index (χ2v) is 11.0. The number of unbranched alkanes of at least 4 members (excludes halogenated alkanes) is 3. The molecule has 2 amide bonds. The van der Waals surface area contributed by atoms with Crippen LogP contribution in [0.2, 0.25) is 0 Å². The number of rotatable bonds is 13. The first kappa shape index (κ1) is 28.3. The molecule has 206 valence electrons. The zero-order valence-electron chi connectivity index (χ0n) is 23.2. The van der Waals surface area contributed by atoms with Gasteiger partial charge in [-0.25, -0.2) is 0 Å². The van der Waals surface area contributed by atoms with Crippen LogP contribution in [0.1, 0.15) is 69.9 Å². The van der Waals surface area contributed by atoms with Crippen molar-refractivity contribution in [1.82, 2.24) is 15.1 Å². The van der Waals surface area contributed by atoms with Crippen molar-refractivity contribution in [3.05, 3.63) is 71.8 Å². The van der Waals surface area contributed by atoms with E-state index in [1.165, 1.54) is 31.2 Å². The van der Waals surface area contributed by atoms with Gasteiger partial charge >= 0.3 is 0 Å². The average molecular weight is 520 g/mol. The fraction of sp³-hybridized carbons (Fsp3) is 0.562. The number of carbonyl (C=O) groups is 2. The van der Waals surface area contributed by atoms with Crippen LogP contribution < -0.4 is 5.32 Å². The molecular weight excluding hydrogens is 474 g/mol. The number of nitrogens with zero attached hydrogens (tertiary/aromatic N) is 2. The smallest absolute Gasteiger partial charge is 0.248 e. The van der Waals surface area contributed by atoms with E-state index in [0.29, 0.717) is 26.0 Å². The number of hydrogen-bond acceptors (Lipinski definition) is 4. The fourth-order valence-corrected chi connectivity index (χ4v) is 5.91. The van der Waals surface area contributed by atoms with Crippen molar-refractivity contribution in [2.45, 2.75) is 89.5 Å². The molecule has 2 aromatic rings. The van der Waals surface area contributed by atoms with Crippen molar-refractivity contribution >= 4 is 11.8 Å². The van der Waals surface area contributed by atoms with Gasteiger partial charge in [-0.05, 0) is 63.1 Å². The molecular formula is C32H45N3O3. The van der Waals surface area contributed by atoms with Gasteiger partial charge in [0.1, 0.15) is 11.6 Å². The van der Waals surface area contributed by atoms with Crippen LogP contribution in [0.25, 0.3) is 0 Å². The Kier molecular flexibility index (Phi) is 10.4. The minimum absolute atomic E-state index is 0.00104. The van der Waals surface area contributed by atoms with Gasteiger partial charge in [-0.2, -0.15) is 0 Å². The molecule has 2 saturated heterocycles. The molecule has 0 aliphatic carbocycles. The van der Waals surface area contributed by atoms with Gasteiger partial charge in [-0.1, -0.05) is 80.4 Å². The van der Waals surface area contributed by atoms with Gasteiger partial charge in [0.2, 0.25) is 11.8 Å². The summed E-state index contributed by atoms with van der Waals surface area (Å²) in [6.45, 7) is 7.77. The molecule has 4 rings (SSSR count). The summed E-state index contributed by atoms with van der Waals surface area (Å²) < 4.78 is 6.03. The van der Waals surface area contributed by atoms with Crippen LogP contribution in [0.3, 0.4) is 0 Å². The molecule has 0 unspecified atom stereocenters. The van der Waals surface area contributed by atoms with Crippen molar-refractivity contribution in [2.75, 3.05) is 26.2 Å². The topological polar surface area (TPSA) is 61.9 Å². The number of aryl methyl sites for hydroxylation is 1. The van der Waals surface area contributed by atoms with Crippen molar-refractivity contribution in [1.29, 1.82) is 0 Å². The molecule has 0 saturated carbocycles. The molecule has 1 spiro atoms. The molecule has 2 heterocycles. The van der Waals surface area contributed by atoms with Crippen LogP contribution >= 0.6 is 0 Å². The zero-order chi connectivity index (χ0) is 26.8. The lowest BCUT2D eigenvalue weighted by Gasteiger charge is -2.52. The molecule has 6 nitrogen and oxygen atoms in total. The summed E-state index contributed by atoms with van der Waals surface area (Å²) in [7, 11) is 0. The molecule has 6 heteroatoms. The monoisotopic (exact) mass is 519 g/mol. The zero-order valence-corrected chi connectivity index (χ0v) is 23.2. The maximum absolute atomic E-state index is 13.7. The van der Waals surface area contributed by atoms with Crippen LogP contribution in [-0.2, 0) is 27.4 Å². The molecule has 0 aromatic heterocycles. The second-order valence-electron chi connectivity index (χ2n) is 11.0. The first-order chi connectivity index (χ1) is 18.5. The maximum Gasteiger partial charge on any atom is 0.248 e. The van der Waals surface area contributed by atoms with Crippen LogP contribution in [0.15, 0.2) is 60.7 Å². The number of piperidine rings is 1. The number of nitrogens with one attached hydrogen (secondary N) is 1. The number of benzene rings is 2. The summed E-state index contributed by atoms with van der Waals surface area (Å²) in [6.07, 6.45) is 7.89. The molecule has 0 bridgehead atoms. The highest BCUT2D eigenvalue weighted by atomic mass is 16.5. The average Bonchev–Trinajstić information content (AvgIpc) is 2.95. The number of piperazine rings is 1. The molecule has 2 fully saturated rings. The molecule has 0 radical (unpaired) electrons. The van der Waals surface area contributed by atoms with Gasteiger partial charge in [0.25, 0.3) is 0 Å². The summed E-state index contributed by atoms with van der Waals surface area (Å²) in [6, 6.07) is 20.0. The van der Waals surface area contributed by atoms with Crippen LogP contribution in [0.4, 0.5) is 0 Å². The number of amides is 2. The van der Waals surface area contributed by atoms with Crippen molar-refractivity contribution in [3.63, 3.8) is 0 Å². The van der Waals surface area contributed by atoms with Crippen LogP contribution in [-0.4, -0.2) is 65.5 Å². The molecule has 38 heavy (non-hydrogen) atoms. The van der Waals surface area contributed by atoms with Gasteiger partial charge < -0.3 is 19.9 Å². The standard InChI is InChI=1S/C32H45N3O3/c1-3-21-35-30(36)29(26(2)38-25-28-17-11-7-12-18-28)33-31(37)32(35)19-23-34(24-20-32)22-13-5-4-8-14-27-15-9-6-10-16-27/h6-7,9-12,15-18,26,29H,3-5,8,13-14,19-25H2,1-2H3,(H,33,37)/t26-,29+/m0/s1. The highest BCUT2D eigenvalue weighted by molar-refractivity contribution is 6.00. The van der Waals surface area contributed by atoms with Gasteiger partial charge in [0.15, 0.2) is 0 Å². The third kappa shape index (κ3) is 7.03. The molecule has 1 N–H and O–H groups in total. The van der Waals surface area contributed by atoms with Crippen LogP contribution in [0, 0.1) is 0 Å². The third-order valence-corrected chi connectivity index (χ3v) is 8.25. The summed E-state index contributed by atoms with van der Waals surface area (Å²) in [5.74, 6) is -0.00912. The van der Waals surface area contributed by atoms with E-state index in [1.54, 1.807) is 0 Å². The predicted octanol–water partition coefficient (Wildman–Crippen LogP) is 4.97. The van der Waals surface area contributed by atoms with Gasteiger partial charge in [-0.15, -0.1) is 0 Å². The van der Waals surface area contributed by atoms with E-state index >= 15 is 0 Å². The van der Waals surface area contributed by atoms with Gasteiger partial charge in [0, 0.05) is 19.6 Å². The van der Waals surface area contributed by atoms with E-state index in [4.69, 9.17) is 4.74 Å². The Balaban J connectivity index is 1.25. The van der Waals surface area contributed by atoms with E-state index in [2.05, 4.69) is 47.5 Å². The first-order valence-electron chi connectivity index (χ1n) is 14.6. The minimum atomic E-state index is -0.727. The number of likely N-dealkylation sites (tertiary alicyclic amines) is 1. The van der Waals surface area contributed by atoms with Crippen molar-refractivity contribution in [2.24, 2.45) is 0 Å². The van der Waals surface area contributed by atoms with Gasteiger partial charge in [-0.3, -0.25) is 9.59 Å². The highest BCUT2D eigenvalue weighted by Gasteiger charge is 2.54. The Morgan fingerprint density at radius 1 is 0.895 bits per heavy atom. The highest BCUT2D eigenvalue weighted by Crippen LogP contribution is 2.34. The fourth-order valence-electron chi connectivity index (χ4n) is 5.91. The number of ether oxygens (including phenoxy) is 1. The van der Waals surface area contributed by atoms with Crippen LogP contribution in [0.5, 0.6) is 0 Å². The predicted molar refractivity (Wildman–Crippen MR) is 152 cm³/mol.